The Labute approximate surface area is 144 Å². The number of amides is 1. The molecule has 25 heavy (non-hydrogen) atoms. The van der Waals surface area contributed by atoms with Crippen molar-refractivity contribution in [3.05, 3.63) is 66.1 Å². The van der Waals surface area contributed by atoms with E-state index >= 15 is 0 Å². The molecular formula is C19H17FN2O3. The lowest BCUT2D eigenvalue weighted by atomic mass is 10.1. The number of carbonyl (C=O) groups excluding carboxylic acids is 1. The van der Waals surface area contributed by atoms with Crippen LogP contribution in [0, 0.1) is 5.82 Å². The zero-order valence-electron chi connectivity index (χ0n) is 13.6. The van der Waals surface area contributed by atoms with Crippen LogP contribution in [0.1, 0.15) is 12.5 Å². The second-order valence-corrected chi connectivity index (χ2v) is 5.53. The van der Waals surface area contributed by atoms with E-state index < -0.39 is 12.0 Å². The molecule has 3 rings (SSSR count). The van der Waals surface area contributed by atoms with Crippen molar-refractivity contribution in [2.45, 2.75) is 19.6 Å². The van der Waals surface area contributed by atoms with E-state index in [1.54, 1.807) is 55.6 Å². The molecule has 1 aromatic heterocycles. The first kappa shape index (κ1) is 16.7. The van der Waals surface area contributed by atoms with Crippen LogP contribution in [0.4, 0.5) is 4.39 Å². The summed E-state index contributed by atoms with van der Waals surface area (Å²) in [5, 5.41) is 0.466. The van der Waals surface area contributed by atoms with E-state index in [2.05, 4.69) is 4.98 Å². The Morgan fingerprint density at radius 3 is 2.60 bits per heavy atom. The number of ether oxygens (including phenoxy) is 2. The topological polar surface area (TPSA) is 74.4 Å². The lowest BCUT2D eigenvalue weighted by Gasteiger charge is -2.12. The van der Waals surface area contributed by atoms with E-state index in [1.807, 2.05) is 0 Å². The average molecular weight is 340 g/mol. The number of fused-ring (bicyclic) bond motifs is 1. The predicted octanol–water partition coefficient (Wildman–Crippen LogP) is 3.21. The highest BCUT2D eigenvalue weighted by Gasteiger charge is 2.10. The van der Waals surface area contributed by atoms with Gasteiger partial charge in [-0.15, -0.1) is 0 Å². The molecule has 0 aliphatic carbocycles. The Balaban J connectivity index is 1.70. The number of hydrogen-bond acceptors (Lipinski definition) is 4. The van der Waals surface area contributed by atoms with E-state index in [1.165, 1.54) is 6.07 Å². The van der Waals surface area contributed by atoms with Gasteiger partial charge in [-0.1, -0.05) is 6.07 Å². The fraction of sp³-hybridized carbons (Fsp3) is 0.158. The number of pyridine rings is 1. The Hall–Kier alpha value is -3.15. The van der Waals surface area contributed by atoms with Crippen LogP contribution >= 0.6 is 0 Å². The third-order valence-electron chi connectivity index (χ3n) is 3.73. The van der Waals surface area contributed by atoms with Crippen LogP contribution in [0.3, 0.4) is 0 Å². The Morgan fingerprint density at radius 2 is 1.88 bits per heavy atom. The number of nitrogens with two attached hydrogens (primary N) is 1. The largest absolute Gasteiger partial charge is 0.489 e. The summed E-state index contributed by atoms with van der Waals surface area (Å²) in [6, 6.07) is 13.3. The third kappa shape index (κ3) is 3.85. The molecule has 3 aromatic rings. The van der Waals surface area contributed by atoms with Gasteiger partial charge in [0.05, 0.1) is 5.52 Å². The molecule has 0 bridgehead atoms. The van der Waals surface area contributed by atoms with Crippen molar-refractivity contribution in [2.75, 3.05) is 0 Å². The van der Waals surface area contributed by atoms with Gasteiger partial charge >= 0.3 is 0 Å². The molecule has 1 heterocycles. The van der Waals surface area contributed by atoms with Gasteiger partial charge in [0, 0.05) is 17.1 Å². The van der Waals surface area contributed by atoms with Gasteiger partial charge in [0.25, 0.3) is 5.91 Å². The molecule has 128 valence electrons. The molecule has 0 spiro atoms. The molecular weight excluding hydrogens is 323 g/mol. The normalized spacial score (nSPS) is 11.9. The Kier molecular flexibility index (Phi) is 4.79. The molecule has 0 aliphatic rings. The van der Waals surface area contributed by atoms with Crippen molar-refractivity contribution in [3.8, 4) is 11.5 Å². The molecule has 0 fully saturated rings. The number of halogens is 1. The fourth-order valence-electron chi connectivity index (χ4n) is 2.35. The first-order chi connectivity index (χ1) is 12.0. The van der Waals surface area contributed by atoms with Gasteiger partial charge in [-0.25, -0.2) is 4.39 Å². The van der Waals surface area contributed by atoms with Crippen LogP contribution in [0.15, 0.2) is 54.7 Å². The van der Waals surface area contributed by atoms with Crippen LogP contribution < -0.4 is 15.2 Å². The third-order valence-corrected chi connectivity index (χ3v) is 3.73. The number of hydrogen-bond donors (Lipinski definition) is 1. The minimum atomic E-state index is -0.705. The lowest BCUT2D eigenvalue weighted by molar-refractivity contribution is -0.123. The number of rotatable bonds is 6. The summed E-state index contributed by atoms with van der Waals surface area (Å²) in [7, 11) is 0. The van der Waals surface area contributed by atoms with Crippen LogP contribution in [0.25, 0.3) is 10.9 Å². The minimum Gasteiger partial charge on any atom is -0.489 e. The van der Waals surface area contributed by atoms with Crippen LogP contribution in [-0.4, -0.2) is 17.0 Å². The molecule has 6 heteroatoms. The number of carbonyl (C=O) groups is 1. The van der Waals surface area contributed by atoms with Crippen molar-refractivity contribution in [1.82, 2.24) is 4.98 Å². The molecule has 5 nitrogen and oxygen atoms in total. The van der Waals surface area contributed by atoms with Gasteiger partial charge in [-0.2, -0.15) is 0 Å². The average Bonchev–Trinajstić information content (AvgIpc) is 2.62. The Bertz CT molecular complexity index is 897. The van der Waals surface area contributed by atoms with Crippen molar-refractivity contribution >= 4 is 16.8 Å². The maximum atomic E-state index is 13.8. The van der Waals surface area contributed by atoms with E-state index in [0.717, 1.165) is 5.56 Å². The summed E-state index contributed by atoms with van der Waals surface area (Å²) in [6.07, 6.45) is 0.917. The van der Waals surface area contributed by atoms with Crippen molar-refractivity contribution in [3.63, 3.8) is 0 Å². The molecule has 0 radical (unpaired) electrons. The lowest BCUT2D eigenvalue weighted by Crippen LogP contribution is -2.30. The molecule has 0 saturated carbocycles. The van der Waals surface area contributed by atoms with Crippen molar-refractivity contribution in [2.24, 2.45) is 5.73 Å². The van der Waals surface area contributed by atoms with Gasteiger partial charge in [0.2, 0.25) is 0 Å². The highest BCUT2D eigenvalue weighted by molar-refractivity contribution is 5.82. The summed E-state index contributed by atoms with van der Waals surface area (Å²) in [6.45, 7) is 1.84. The summed E-state index contributed by atoms with van der Waals surface area (Å²) in [5.74, 6) is 0.299. The van der Waals surface area contributed by atoms with E-state index in [9.17, 15) is 9.18 Å². The summed E-state index contributed by atoms with van der Waals surface area (Å²) >= 11 is 0. The highest BCUT2D eigenvalue weighted by atomic mass is 19.1. The predicted molar refractivity (Wildman–Crippen MR) is 91.8 cm³/mol. The summed E-state index contributed by atoms with van der Waals surface area (Å²) in [5.41, 5.74) is 6.53. The number of nitrogens with zero attached hydrogens (tertiary/aromatic N) is 1. The number of primary amides is 1. The van der Waals surface area contributed by atoms with E-state index in [-0.39, 0.29) is 12.4 Å². The van der Waals surface area contributed by atoms with Crippen LogP contribution in [-0.2, 0) is 11.4 Å². The molecule has 2 N–H and O–H groups in total. The molecule has 2 aromatic carbocycles. The standard InChI is InChI=1S/C19H17FN2O3/c1-12(19(21)23)25-15-7-5-14(6-8-15)24-11-13-4-9-17(20)16-3-2-10-22-18(13)16/h2-10,12H,11H2,1H3,(H2,21,23)/t12-/m0/s1. The fourth-order valence-corrected chi connectivity index (χ4v) is 2.35. The first-order valence-electron chi connectivity index (χ1n) is 7.75. The molecule has 1 amide bonds. The van der Waals surface area contributed by atoms with E-state index in [0.29, 0.717) is 22.4 Å². The number of aromatic nitrogens is 1. The van der Waals surface area contributed by atoms with Crippen LogP contribution in [0.5, 0.6) is 11.5 Å². The number of benzene rings is 2. The van der Waals surface area contributed by atoms with Gasteiger partial charge in [0.15, 0.2) is 6.10 Å². The maximum absolute atomic E-state index is 13.8. The van der Waals surface area contributed by atoms with Crippen LogP contribution in [0.2, 0.25) is 0 Å². The van der Waals surface area contributed by atoms with Gasteiger partial charge in [-0.3, -0.25) is 9.78 Å². The van der Waals surface area contributed by atoms with E-state index in [4.69, 9.17) is 15.2 Å². The monoisotopic (exact) mass is 340 g/mol. The minimum absolute atomic E-state index is 0.256. The molecule has 1 atom stereocenters. The second-order valence-electron chi connectivity index (χ2n) is 5.53. The molecule has 0 aliphatic heterocycles. The first-order valence-corrected chi connectivity index (χ1v) is 7.75. The SMILES string of the molecule is C[C@H](Oc1ccc(OCc2ccc(F)c3cccnc23)cc1)C(N)=O. The zero-order valence-corrected chi connectivity index (χ0v) is 13.6. The zero-order chi connectivity index (χ0) is 17.8. The maximum Gasteiger partial charge on any atom is 0.258 e. The quantitative estimate of drug-likeness (QED) is 0.748. The highest BCUT2D eigenvalue weighted by Crippen LogP contribution is 2.23. The van der Waals surface area contributed by atoms with Gasteiger partial charge in [-0.05, 0) is 49.4 Å². The Morgan fingerprint density at radius 1 is 1.16 bits per heavy atom. The summed E-state index contributed by atoms with van der Waals surface area (Å²) in [4.78, 5) is 15.2. The van der Waals surface area contributed by atoms with Gasteiger partial charge < -0.3 is 15.2 Å². The van der Waals surface area contributed by atoms with Crippen molar-refractivity contribution < 1.29 is 18.7 Å². The smallest absolute Gasteiger partial charge is 0.258 e. The van der Waals surface area contributed by atoms with Crippen molar-refractivity contribution in [1.29, 1.82) is 0 Å². The summed E-state index contributed by atoms with van der Waals surface area (Å²) < 4.78 is 24.9. The second kappa shape index (κ2) is 7.17. The molecule has 0 unspecified atom stereocenters. The molecule has 0 saturated heterocycles. The van der Waals surface area contributed by atoms with Gasteiger partial charge in [0.1, 0.15) is 23.9 Å².